The number of carbonyl (C=O) groups excluding carboxylic acids is 7. The van der Waals surface area contributed by atoms with Crippen LogP contribution in [0.3, 0.4) is 0 Å². The van der Waals surface area contributed by atoms with E-state index >= 15 is 0 Å². The number of hydrogen-bond donors (Lipinski definition) is 13. The van der Waals surface area contributed by atoms with Crippen molar-refractivity contribution in [2.24, 2.45) is 0 Å². The molecule has 0 radical (unpaired) electrons. The Morgan fingerprint density at radius 1 is 0.570 bits per heavy atom. The Kier molecular flexibility index (Phi) is 32.6. The fraction of sp³-hybridized carbons (Fsp3) is 0.640. The molecule has 0 spiro atoms. The van der Waals surface area contributed by atoms with Gasteiger partial charge in [-0.1, -0.05) is 30.3 Å². The third-order valence-corrected chi connectivity index (χ3v) is 12.1. The summed E-state index contributed by atoms with van der Waals surface area (Å²) in [7, 11) is 1.23. The number of carboxylic acid groups (broad SMARTS) is 6. The normalized spacial score (nSPS) is 13.1. The van der Waals surface area contributed by atoms with Crippen LogP contribution >= 0.6 is 0 Å². The van der Waals surface area contributed by atoms with Crippen LogP contribution in [0.15, 0.2) is 30.3 Å². The van der Waals surface area contributed by atoms with Gasteiger partial charge in [0.1, 0.15) is 18.1 Å². The number of benzene rings is 1. The van der Waals surface area contributed by atoms with Crippen molar-refractivity contribution in [2.45, 2.75) is 121 Å². The van der Waals surface area contributed by atoms with Crippen molar-refractivity contribution in [1.82, 2.24) is 52.3 Å². The second kappa shape index (κ2) is 36.8. The van der Waals surface area contributed by atoms with E-state index in [4.69, 9.17) is 10.2 Å². The first-order valence-electron chi connectivity index (χ1n) is 25.6. The van der Waals surface area contributed by atoms with Crippen LogP contribution in [0.5, 0.6) is 0 Å². The maximum atomic E-state index is 14.6. The van der Waals surface area contributed by atoms with Gasteiger partial charge in [-0.05, 0) is 71.8 Å². The van der Waals surface area contributed by atoms with E-state index in [0.29, 0.717) is 5.56 Å². The van der Waals surface area contributed by atoms with Gasteiger partial charge in [0.25, 0.3) is 0 Å². The molecule has 0 aliphatic carbocycles. The van der Waals surface area contributed by atoms with Crippen LogP contribution in [0.4, 0.5) is 4.79 Å². The van der Waals surface area contributed by atoms with Crippen molar-refractivity contribution >= 4 is 71.2 Å². The van der Waals surface area contributed by atoms with Gasteiger partial charge in [-0.25, -0.2) is 14.4 Å². The van der Waals surface area contributed by atoms with E-state index in [1.54, 1.807) is 54.0 Å². The maximum Gasteiger partial charge on any atom is 0.326 e. The lowest BCUT2D eigenvalue weighted by molar-refractivity contribution is -0.306. The molecule has 1 aromatic rings. The number of carbonyl (C=O) groups is 12. The number of nitrogens with zero attached hydrogens (tertiary/aromatic N) is 2. The molecule has 4 amide bonds. The highest BCUT2D eigenvalue weighted by Gasteiger charge is 2.41. The van der Waals surface area contributed by atoms with Gasteiger partial charge in [-0.2, -0.15) is 0 Å². The van der Waals surface area contributed by atoms with E-state index in [0.717, 1.165) is 0 Å². The molecule has 1 aromatic carbocycles. The number of methoxy groups -OCH3 is 1. The fourth-order valence-corrected chi connectivity index (χ4v) is 7.71. The van der Waals surface area contributed by atoms with Gasteiger partial charge in [-0.15, -0.1) is 0 Å². The summed E-state index contributed by atoms with van der Waals surface area (Å²) in [5.41, 5.74) is -2.25. The third kappa shape index (κ3) is 31.1. The van der Waals surface area contributed by atoms with Crippen molar-refractivity contribution in [1.29, 1.82) is 0 Å². The second-order valence-corrected chi connectivity index (χ2v) is 19.5. The first-order valence-corrected chi connectivity index (χ1v) is 25.6. The Hall–Kier alpha value is -7.18. The van der Waals surface area contributed by atoms with E-state index < -0.39 is 120 Å². The van der Waals surface area contributed by atoms with Gasteiger partial charge < -0.3 is 72.1 Å². The molecular formula is C50H79N10O19-. The summed E-state index contributed by atoms with van der Waals surface area (Å²) in [6, 6.07) is 2.31. The van der Waals surface area contributed by atoms with Crippen LogP contribution in [0, 0.1) is 0 Å². The second-order valence-electron chi connectivity index (χ2n) is 19.5. The van der Waals surface area contributed by atoms with Gasteiger partial charge in [0.2, 0.25) is 11.8 Å². The summed E-state index contributed by atoms with van der Waals surface area (Å²) < 4.78 is 4.60. The van der Waals surface area contributed by atoms with Gasteiger partial charge in [0, 0.05) is 78.2 Å². The minimum atomic E-state index is -1.57. The number of carboxylic acids is 6. The predicted molar refractivity (Wildman–Crippen MR) is 278 cm³/mol. The number of urea groups is 1. The molecule has 0 saturated carbocycles. The summed E-state index contributed by atoms with van der Waals surface area (Å²) in [5, 5.41) is 79.5. The SMILES string of the molecule is COC(=O)CNCCN(CCN(CCNCC(=O)O)CC(=O)C(C)(C)NC(Cc1ccccc1)C(=O)C(C)(C)N[C@H](CCNC(=O)CCC(=O)NCCCC[C@H](NC(=O)NC(CCC(=O)O)C(=O)O)C(=O)O)C(=O)O)CC(=O)[O-]. The molecule has 0 aliphatic heterocycles. The molecule has 0 bridgehead atoms. The van der Waals surface area contributed by atoms with Gasteiger partial charge >= 0.3 is 41.8 Å². The van der Waals surface area contributed by atoms with Gasteiger partial charge in [0.15, 0.2) is 11.6 Å². The quantitative estimate of drug-likeness (QED) is 0.0221. The monoisotopic (exact) mass is 1120 g/mol. The molecule has 0 heterocycles. The summed E-state index contributed by atoms with van der Waals surface area (Å²) >= 11 is 0. The summed E-state index contributed by atoms with van der Waals surface area (Å²) in [6.07, 6.45) is -1.26. The Bertz CT molecular complexity index is 2200. The number of esters is 1. The van der Waals surface area contributed by atoms with Gasteiger partial charge in [-0.3, -0.25) is 58.8 Å². The molecular weight excluding hydrogens is 1040 g/mol. The Morgan fingerprint density at radius 2 is 1.09 bits per heavy atom. The Labute approximate surface area is 457 Å². The number of unbranched alkanes of at least 4 members (excludes halogenated alkanes) is 1. The lowest BCUT2D eigenvalue weighted by Gasteiger charge is -2.37. The minimum Gasteiger partial charge on any atom is -0.549 e. The molecule has 13 N–H and O–H groups in total. The van der Waals surface area contributed by atoms with Crippen LogP contribution in [0.25, 0.3) is 0 Å². The first kappa shape index (κ1) is 69.8. The van der Waals surface area contributed by atoms with Crippen molar-refractivity contribution in [3.05, 3.63) is 35.9 Å². The Morgan fingerprint density at radius 3 is 1.61 bits per heavy atom. The summed E-state index contributed by atoms with van der Waals surface area (Å²) in [4.78, 5) is 150. The van der Waals surface area contributed by atoms with Crippen LogP contribution in [-0.2, 0) is 63.9 Å². The highest BCUT2D eigenvalue weighted by atomic mass is 16.5. The summed E-state index contributed by atoms with van der Waals surface area (Å²) in [5.74, 6) is -10.5. The molecule has 0 aliphatic rings. The van der Waals surface area contributed by atoms with Crippen LogP contribution < -0.4 is 47.6 Å². The van der Waals surface area contributed by atoms with E-state index in [9.17, 15) is 78.0 Å². The molecule has 29 heteroatoms. The number of aliphatic carboxylic acids is 6. The van der Waals surface area contributed by atoms with Crippen molar-refractivity contribution < 1.29 is 92.9 Å². The number of amides is 4. The third-order valence-electron chi connectivity index (χ3n) is 12.1. The highest BCUT2D eigenvalue weighted by molar-refractivity contribution is 5.95. The average molecular weight is 1120 g/mol. The van der Waals surface area contributed by atoms with Crippen LogP contribution in [0.2, 0.25) is 0 Å². The number of nitrogens with one attached hydrogen (secondary N) is 8. The van der Waals surface area contributed by atoms with E-state index in [2.05, 4.69) is 42.0 Å². The molecule has 0 saturated heterocycles. The molecule has 0 aromatic heterocycles. The molecule has 0 fully saturated rings. The van der Waals surface area contributed by atoms with Crippen LogP contribution in [-0.4, -0.2) is 227 Å². The molecule has 29 nitrogen and oxygen atoms in total. The number of ketones is 2. The summed E-state index contributed by atoms with van der Waals surface area (Å²) in [6.45, 7) is 5.89. The first-order chi connectivity index (χ1) is 37.1. The largest absolute Gasteiger partial charge is 0.549 e. The standard InChI is InChI=1S/C50H80N10O19/c1-49(2,37(61)30-59(23-21-51-28-41(66)67)25-26-60(31-42(68)69)24-22-52-29-43(70)79-5)58-36(27-32-11-7-6-8-12-32)44(71)50(3,4)57-35(47(76)77)18-20-54-39(63)16-15-38(62)53-19-10-9-13-33(45(72)73)55-48(78)56-34(46(74)75)14-17-40(64)65/h6-8,11-12,33-36,51-52,57-58H,9-10,13-31H2,1-5H3,(H,53,62)(H,54,63)(H,64,65)(H,66,67)(H,68,69)(H,72,73)(H,74,75)(H,76,77)(H2,55,56,78)/p-1/t33-,34?,35+,36?/m0/s1. The zero-order valence-corrected chi connectivity index (χ0v) is 45.4. The number of hydrogen-bond acceptors (Lipinski definition) is 20. The average Bonchev–Trinajstić information content (AvgIpc) is 3.37. The number of rotatable bonds is 45. The molecule has 444 valence electrons. The number of ether oxygens (including phenoxy) is 1. The zero-order valence-electron chi connectivity index (χ0n) is 45.4. The van der Waals surface area contributed by atoms with Crippen molar-refractivity contribution in [3.63, 3.8) is 0 Å². The Balaban J connectivity index is 2.95. The van der Waals surface area contributed by atoms with E-state index in [1.807, 2.05) is 5.32 Å². The lowest BCUT2D eigenvalue weighted by Crippen LogP contribution is -2.64. The highest BCUT2D eigenvalue weighted by Crippen LogP contribution is 2.18. The maximum absolute atomic E-state index is 14.6. The fourth-order valence-electron chi connectivity index (χ4n) is 7.71. The molecule has 4 atom stereocenters. The topological polar surface area (TPSA) is 441 Å². The minimum absolute atomic E-state index is 0.0778. The molecule has 2 unspecified atom stereocenters. The smallest absolute Gasteiger partial charge is 0.326 e. The van der Waals surface area contributed by atoms with Gasteiger partial charge in [0.05, 0.1) is 49.8 Å². The predicted octanol–water partition coefficient (Wildman–Crippen LogP) is -3.64. The lowest BCUT2D eigenvalue weighted by atomic mass is 9.86. The van der Waals surface area contributed by atoms with Crippen molar-refractivity contribution in [3.8, 4) is 0 Å². The van der Waals surface area contributed by atoms with Crippen molar-refractivity contribution in [2.75, 3.05) is 85.6 Å². The van der Waals surface area contributed by atoms with Crippen LogP contribution in [0.1, 0.15) is 84.6 Å². The number of Topliss-reactive ketones (excluding diaryl/α,β-unsaturated/α-hetero) is 2. The zero-order chi connectivity index (χ0) is 59.7. The van der Waals surface area contributed by atoms with E-state index in [-0.39, 0.29) is 123 Å². The van der Waals surface area contributed by atoms with E-state index in [1.165, 1.54) is 21.0 Å². The molecule has 1 rings (SSSR count). The molecule has 79 heavy (non-hydrogen) atoms.